The molecule has 16 heavy (non-hydrogen) atoms. The van der Waals surface area contributed by atoms with Gasteiger partial charge in [-0.1, -0.05) is 25.4 Å². The highest BCUT2D eigenvalue weighted by atomic mass is 16.5. The number of aromatic nitrogens is 2. The lowest BCUT2D eigenvalue weighted by molar-refractivity contribution is 0.338. The third-order valence-electron chi connectivity index (χ3n) is 3.84. The Labute approximate surface area is 96.8 Å². The third kappa shape index (κ3) is 2.43. The maximum Gasteiger partial charge on any atom is 0.223 e. The van der Waals surface area contributed by atoms with Crippen LogP contribution in [0.4, 0.5) is 0 Å². The summed E-state index contributed by atoms with van der Waals surface area (Å²) >= 11 is 0. The minimum Gasteiger partial charge on any atom is -0.340 e. The smallest absolute Gasteiger partial charge is 0.223 e. The van der Waals surface area contributed by atoms with Gasteiger partial charge in [0.25, 0.3) is 0 Å². The number of nitrogens with one attached hydrogen (secondary N) is 1. The molecule has 0 saturated heterocycles. The summed E-state index contributed by atoms with van der Waals surface area (Å²) in [6, 6.07) is 0.615. The molecule has 3 unspecified atom stereocenters. The van der Waals surface area contributed by atoms with Crippen molar-refractivity contribution in [2.75, 3.05) is 0 Å². The van der Waals surface area contributed by atoms with Gasteiger partial charge in [0, 0.05) is 13.0 Å². The molecule has 1 heterocycles. The standard InChI is InChI=1S/C12H21N3O/c1-4-10-5-6-11(8(10)2)13-7-12-14-9(3)16-15-12/h8,10-11,13H,4-7H2,1-3H3. The van der Waals surface area contributed by atoms with Gasteiger partial charge < -0.3 is 9.84 Å². The maximum atomic E-state index is 4.95. The van der Waals surface area contributed by atoms with Crippen LogP contribution in [0, 0.1) is 18.8 Å². The molecular formula is C12H21N3O. The quantitative estimate of drug-likeness (QED) is 0.851. The summed E-state index contributed by atoms with van der Waals surface area (Å²) in [7, 11) is 0. The molecule has 0 aromatic carbocycles. The molecule has 1 aromatic rings. The molecule has 1 aliphatic rings. The molecule has 0 aliphatic heterocycles. The van der Waals surface area contributed by atoms with Gasteiger partial charge in [0.05, 0.1) is 6.54 Å². The molecule has 0 bridgehead atoms. The highest BCUT2D eigenvalue weighted by Gasteiger charge is 2.31. The van der Waals surface area contributed by atoms with Gasteiger partial charge in [0.15, 0.2) is 5.82 Å². The minimum absolute atomic E-state index is 0.615. The summed E-state index contributed by atoms with van der Waals surface area (Å²) in [6.45, 7) is 7.18. The summed E-state index contributed by atoms with van der Waals surface area (Å²) in [5.41, 5.74) is 0. The number of nitrogens with zero attached hydrogens (tertiary/aromatic N) is 2. The fourth-order valence-electron chi connectivity index (χ4n) is 2.75. The topological polar surface area (TPSA) is 51.0 Å². The van der Waals surface area contributed by atoms with Crippen molar-refractivity contribution in [3.8, 4) is 0 Å². The molecule has 2 rings (SSSR count). The van der Waals surface area contributed by atoms with Crippen molar-refractivity contribution < 1.29 is 4.52 Å². The Hall–Kier alpha value is -0.900. The van der Waals surface area contributed by atoms with Crippen molar-refractivity contribution in [1.82, 2.24) is 15.5 Å². The van der Waals surface area contributed by atoms with Gasteiger partial charge in [-0.15, -0.1) is 0 Å². The number of hydrogen-bond acceptors (Lipinski definition) is 4. The Morgan fingerprint density at radius 2 is 2.25 bits per heavy atom. The van der Waals surface area contributed by atoms with Crippen LogP contribution in [0.25, 0.3) is 0 Å². The van der Waals surface area contributed by atoms with Crippen LogP contribution in [0.2, 0.25) is 0 Å². The van der Waals surface area contributed by atoms with Crippen molar-refractivity contribution in [2.45, 2.75) is 52.6 Å². The zero-order chi connectivity index (χ0) is 11.5. The molecule has 0 radical (unpaired) electrons. The van der Waals surface area contributed by atoms with Crippen LogP contribution in [0.3, 0.4) is 0 Å². The third-order valence-corrected chi connectivity index (χ3v) is 3.84. The lowest BCUT2D eigenvalue weighted by Gasteiger charge is -2.20. The van der Waals surface area contributed by atoms with Crippen molar-refractivity contribution >= 4 is 0 Å². The first-order chi connectivity index (χ1) is 7.70. The maximum absolute atomic E-state index is 4.95. The SMILES string of the molecule is CCC1CCC(NCc2noc(C)n2)C1C. The van der Waals surface area contributed by atoms with E-state index in [1.165, 1.54) is 19.3 Å². The fraction of sp³-hybridized carbons (Fsp3) is 0.833. The Balaban J connectivity index is 1.83. The van der Waals surface area contributed by atoms with Gasteiger partial charge >= 0.3 is 0 Å². The van der Waals surface area contributed by atoms with Gasteiger partial charge in [-0.05, 0) is 24.7 Å². The first kappa shape index (κ1) is 11.6. The Morgan fingerprint density at radius 3 is 2.81 bits per heavy atom. The molecule has 1 aliphatic carbocycles. The Kier molecular flexibility index (Phi) is 3.59. The molecular weight excluding hydrogens is 202 g/mol. The van der Waals surface area contributed by atoms with Crippen LogP contribution in [-0.2, 0) is 6.54 Å². The van der Waals surface area contributed by atoms with E-state index >= 15 is 0 Å². The molecule has 3 atom stereocenters. The number of hydrogen-bond donors (Lipinski definition) is 1. The van der Waals surface area contributed by atoms with Crippen molar-refractivity contribution in [3.05, 3.63) is 11.7 Å². The van der Waals surface area contributed by atoms with Crippen molar-refractivity contribution in [2.24, 2.45) is 11.8 Å². The van der Waals surface area contributed by atoms with E-state index in [0.717, 1.165) is 24.2 Å². The molecule has 90 valence electrons. The Morgan fingerprint density at radius 1 is 1.44 bits per heavy atom. The summed E-state index contributed by atoms with van der Waals surface area (Å²) in [4.78, 5) is 4.20. The van der Waals surface area contributed by atoms with E-state index in [1.807, 2.05) is 6.92 Å². The zero-order valence-corrected chi connectivity index (χ0v) is 10.4. The zero-order valence-electron chi connectivity index (χ0n) is 10.4. The van der Waals surface area contributed by atoms with Gasteiger partial charge in [0.2, 0.25) is 5.89 Å². The van der Waals surface area contributed by atoms with Crippen LogP contribution in [0.15, 0.2) is 4.52 Å². The summed E-state index contributed by atoms with van der Waals surface area (Å²) in [5, 5.41) is 7.43. The van der Waals surface area contributed by atoms with E-state index in [1.54, 1.807) is 0 Å². The van der Waals surface area contributed by atoms with Crippen LogP contribution >= 0.6 is 0 Å². The molecule has 1 fully saturated rings. The highest BCUT2D eigenvalue weighted by molar-refractivity contribution is 4.89. The van der Waals surface area contributed by atoms with E-state index in [2.05, 4.69) is 29.3 Å². The molecule has 4 heteroatoms. The van der Waals surface area contributed by atoms with E-state index in [-0.39, 0.29) is 0 Å². The summed E-state index contributed by atoms with van der Waals surface area (Å²) in [5.74, 6) is 3.05. The minimum atomic E-state index is 0.615. The average molecular weight is 223 g/mol. The summed E-state index contributed by atoms with van der Waals surface area (Å²) in [6.07, 6.45) is 3.91. The van der Waals surface area contributed by atoms with Gasteiger partial charge in [-0.2, -0.15) is 4.98 Å². The second-order valence-corrected chi connectivity index (χ2v) is 4.82. The first-order valence-electron chi connectivity index (χ1n) is 6.23. The first-order valence-corrected chi connectivity index (χ1v) is 6.23. The van der Waals surface area contributed by atoms with Crippen LogP contribution in [0.5, 0.6) is 0 Å². The van der Waals surface area contributed by atoms with Crippen molar-refractivity contribution in [3.63, 3.8) is 0 Å². The van der Waals surface area contributed by atoms with Gasteiger partial charge in [-0.25, -0.2) is 0 Å². The second kappa shape index (κ2) is 4.95. The molecule has 1 aromatic heterocycles. The Bertz CT molecular complexity index is 337. The molecule has 1 N–H and O–H groups in total. The monoisotopic (exact) mass is 223 g/mol. The lowest BCUT2D eigenvalue weighted by Crippen LogP contribution is -2.32. The predicted molar refractivity (Wildman–Crippen MR) is 61.8 cm³/mol. The average Bonchev–Trinajstić information content (AvgIpc) is 2.83. The highest BCUT2D eigenvalue weighted by Crippen LogP contribution is 2.33. The molecule has 1 saturated carbocycles. The lowest BCUT2D eigenvalue weighted by atomic mass is 9.93. The normalized spacial score (nSPS) is 29.8. The van der Waals surface area contributed by atoms with Crippen LogP contribution < -0.4 is 5.32 Å². The van der Waals surface area contributed by atoms with E-state index in [4.69, 9.17) is 4.52 Å². The largest absolute Gasteiger partial charge is 0.340 e. The van der Waals surface area contributed by atoms with E-state index < -0.39 is 0 Å². The fourth-order valence-corrected chi connectivity index (χ4v) is 2.75. The van der Waals surface area contributed by atoms with Crippen LogP contribution in [0.1, 0.15) is 44.8 Å². The molecule has 0 spiro atoms. The second-order valence-electron chi connectivity index (χ2n) is 4.82. The van der Waals surface area contributed by atoms with Gasteiger partial charge in [-0.3, -0.25) is 0 Å². The summed E-state index contributed by atoms with van der Waals surface area (Å²) < 4.78 is 4.95. The molecule has 0 amide bonds. The van der Waals surface area contributed by atoms with Gasteiger partial charge in [0.1, 0.15) is 0 Å². The van der Waals surface area contributed by atoms with E-state index in [9.17, 15) is 0 Å². The number of rotatable bonds is 4. The predicted octanol–water partition coefficient (Wildman–Crippen LogP) is 2.29. The van der Waals surface area contributed by atoms with E-state index in [0.29, 0.717) is 11.9 Å². The number of aryl methyl sites for hydroxylation is 1. The molecule has 4 nitrogen and oxygen atoms in total. The van der Waals surface area contributed by atoms with Crippen LogP contribution in [-0.4, -0.2) is 16.2 Å². The van der Waals surface area contributed by atoms with Crippen molar-refractivity contribution in [1.29, 1.82) is 0 Å².